The lowest BCUT2D eigenvalue weighted by atomic mass is 9.97. The number of hydrogen-bond acceptors (Lipinski definition) is 5. The summed E-state index contributed by atoms with van der Waals surface area (Å²) in [5.41, 5.74) is 11.0. The number of rotatable bonds is 4. The second-order valence-electron chi connectivity index (χ2n) is 12.2. The molecule has 228 valence electrons. The van der Waals surface area contributed by atoms with Crippen LogP contribution in [0.15, 0.2) is 158 Å². The summed E-state index contributed by atoms with van der Waals surface area (Å²) >= 11 is 0. The maximum atomic E-state index is 5.29. The summed E-state index contributed by atoms with van der Waals surface area (Å²) in [6.07, 6.45) is 0. The lowest BCUT2D eigenvalue weighted by Crippen LogP contribution is -1.97. The summed E-state index contributed by atoms with van der Waals surface area (Å²) in [5.74, 6) is 0. The predicted molar refractivity (Wildman–Crippen MR) is 199 cm³/mol. The molecule has 10 rings (SSSR count). The van der Waals surface area contributed by atoms with Gasteiger partial charge in [-0.3, -0.25) is 0 Å². The van der Waals surface area contributed by atoms with Crippen LogP contribution in [0.1, 0.15) is 0 Å². The minimum atomic E-state index is 0.831. The summed E-state index contributed by atoms with van der Waals surface area (Å²) in [6.45, 7) is 0. The molecule has 0 radical (unpaired) electrons. The molecule has 0 bridgehead atoms. The number of hydrogen-bond donors (Lipinski definition) is 0. The van der Waals surface area contributed by atoms with Gasteiger partial charge in [0.05, 0.1) is 39.3 Å². The first-order chi connectivity index (χ1) is 24.3. The molecule has 0 spiro atoms. The molecule has 0 aliphatic heterocycles. The number of nitrogens with zero attached hydrogens (tertiary/aromatic N) is 6. The van der Waals surface area contributed by atoms with Crippen molar-refractivity contribution in [1.29, 1.82) is 0 Å². The smallest absolute Gasteiger partial charge is 0.122 e. The molecule has 6 heteroatoms. The zero-order valence-corrected chi connectivity index (χ0v) is 26.2. The Morgan fingerprint density at radius 1 is 0.388 bits per heavy atom. The van der Waals surface area contributed by atoms with E-state index in [0.29, 0.717) is 0 Å². The van der Waals surface area contributed by atoms with Crippen molar-refractivity contribution in [2.75, 3.05) is 0 Å². The highest BCUT2D eigenvalue weighted by Crippen LogP contribution is 2.38. The van der Waals surface area contributed by atoms with Crippen molar-refractivity contribution in [2.45, 2.75) is 0 Å². The van der Waals surface area contributed by atoms with Crippen LogP contribution in [0.2, 0.25) is 0 Å². The first-order valence-corrected chi connectivity index (χ1v) is 16.3. The van der Waals surface area contributed by atoms with Crippen LogP contribution in [0.4, 0.5) is 0 Å². The SMILES string of the molecule is c1ccc(-c2ccc3ccc4ccc(-c5ccc6c(c5)nc(-c5ccccc5)c5ccc7nn(-c8ccccc8)nc7c56)nc4c3n2)cc1. The quantitative estimate of drug-likeness (QED) is 0.182. The van der Waals surface area contributed by atoms with E-state index in [0.717, 1.165) is 94.0 Å². The number of para-hydroxylation sites is 1. The van der Waals surface area contributed by atoms with E-state index in [1.54, 1.807) is 4.80 Å². The molecule has 0 unspecified atom stereocenters. The fraction of sp³-hybridized carbons (Fsp3) is 0. The van der Waals surface area contributed by atoms with Gasteiger partial charge in [0.1, 0.15) is 11.0 Å². The van der Waals surface area contributed by atoms with Gasteiger partial charge in [-0.2, -0.15) is 4.80 Å². The molecule has 4 aromatic heterocycles. The molecule has 6 aromatic carbocycles. The number of fused-ring (bicyclic) bond motifs is 8. The molecule has 0 amide bonds. The molecule has 6 nitrogen and oxygen atoms in total. The third kappa shape index (κ3) is 4.53. The van der Waals surface area contributed by atoms with Crippen molar-refractivity contribution < 1.29 is 0 Å². The molecule has 0 aliphatic rings. The summed E-state index contributed by atoms with van der Waals surface area (Å²) in [6, 6.07) is 53.9. The van der Waals surface area contributed by atoms with Crippen LogP contribution in [0.3, 0.4) is 0 Å². The second kappa shape index (κ2) is 10.9. The van der Waals surface area contributed by atoms with Gasteiger partial charge in [-0.05, 0) is 42.5 Å². The Bertz CT molecular complexity index is 2860. The minimum absolute atomic E-state index is 0.831. The third-order valence-electron chi connectivity index (χ3n) is 9.23. The van der Waals surface area contributed by atoms with E-state index in [2.05, 4.69) is 84.9 Å². The molecule has 10 aromatic rings. The Kier molecular flexibility index (Phi) is 6.08. The second-order valence-corrected chi connectivity index (χ2v) is 12.2. The molecule has 0 saturated carbocycles. The molecule has 0 N–H and O–H groups in total. The van der Waals surface area contributed by atoms with Gasteiger partial charge in [-0.1, -0.05) is 115 Å². The highest BCUT2D eigenvalue weighted by molar-refractivity contribution is 6.21. The average molecular weight is 627 g/mol. The molecule has 0 saturated heterocycles. The van der Waals surface area contributed by atoms with Crippen molar-refractivity contribution in [1.82, 2.24) is 29.9 Å². The largest absolute Gasteiger partial charge is 0.247 e. The van der Waals surface area contributed by atoms with Gasteiger partial charge in [0, 0.05) is 43.6 Å². The Hall–Kier alpha value is -6.79. The number of pyridine rings is 3. The average Bonchev–Trinajstić information content (AvgIpc) is 3.63. The van der Waals surface area contributed by atoms with E-state index in [-0.39, 0.29) is 0 Å². The van der Waals surface area contributed by atoms with Crippen LogP contribution in [-0.2, 0) is 0 Å². The van der Waals surface area contributed by atoms with E-state index in [1.807, 2.05) is 72.8 Å². The van der Waals surface area contributed by atoms with E-state index in [9.17, 15) is 0 Å². The molecule has 0 atom stereocenters. The Morgan fingerprint density at radius 2 is 0.980 bits per heavy atom. The summed E-state index contributed by atoms with van der Waals surface area (Å²) in [4.78, 5) is 17.3. The fourth-order valence-electron chi connectivity index (χ4n) is 6.82. The lowest BCUT2D eigenvalue weighted by Gasteiger charge is -2.12. The van der Waals surface area contributed by atoms with Gasteiger partial charge < -0.3 is 0 Å². The maximum absolute atomic E-state index is 5.29. The Labute approximate surface area is 281 Å². The van der Waals surface area contributed by atoms with E-state index >= 15 is 0 Å². The highest BCUT2D eigenvalue weighted by atomic mass is 15.5. The third-order valence-corrected chi connectivity index (χ3v) is 9.23. The normalized spacial score (nSPS) is 11.7. The number of benzene rings is 6. The van der Waals surface area contributed by atoms with Crippen molar-refractivity contribution in [2.24, 2.45) is 0 Å². The van der Waals surface area contributed by atoms with Crippen molar-refractivity contribution in [3.63, 3.8) is 0 Å². The monoisotopic (exact) mass is 626 g/mol. The number of aromatic nitrogens is 6. The van der Waals surface area contributed by atoms with Gasteiger partial charge in [0.2, 0.25) is 0 Å². The minimum Gasteiger partial charge on any atom is -0.247 e. The lowest BCUT2D eigenvalue weighted by molar-refractivity contribution is 0.766. The van der Waals surface area contributed by atoms with Crippen LogP contribution in [0.25, 0.3) is 94.0 Å². The summed E-state index contributed by atoms with van der Waals surface area (Å²) < 4.78 is 0. The standard InChI is InChI=1S/C43H26N6/c1-4-10-27(11-5-1)35-23-19-29-16-17-30-20-24-36(45-42(30)41(29)44-35)31-18-21-33-38(26-31)46-40(28-12-6-2-7-13-28)34-22-25-37-43(39(33)34)48-49(47-37)32-14-8-3-9-15-32/h1-26H. The molecule has 0 fully saturated rings. The van der Waals surface area contributed by atoms with Gasteiger partial charge in [-0.25, -0.2) is 15.0 Å². The summed E-state index contributed by atoms with van der Waals surface area (Å²) in [7, 11) is 0. The van der Waals surface area contributed by atoms with Gasteiger partial charge >= 0.3 is 0 Å². The van der Waals surface area contributed by atoms with Crippen LogP contribution < -0.4 is 0 Å². The van der Waals surface area contributed by atoms with Crippen LogP contribution >= 0.6 is 0 Å². The topological polar surface area (TPSA) is 69.4 Å². The van der Waals surface area contributed by atoms with Crippen molar-refractivity contribution in [3.05, 3.63) is 158 Å². The zero-order chi connectivity index (χ0) is 32.3. The zero-order valence-electron chi connectivity index (χ0n) is 26.2. The van der Waals surface area contributed by atoms with Gasteiger partial charge in [0.25, 0.3) is 0 Å². The van der Waals surface area contributed by atoms with Crippen LogP contribution in [-0.4, -0.2) is 29.9 Å². The van der Waals surface area contributed by atoms with E-state index in [1.165, 1.54) is 0 Å². The van der Waals surface area contributed by atoms with Crippen molar-refractivity contribution >= 4 is 54.5 Å². The molecule has 4 heterocycles. The first kappa shape index (κ1) is 27.3. The van der Waals surface area contributed by atoms with Gasteiger partial charge in [-0.15, -0.1) is 10.2 Å². The molecular formula is C43H26N6. The van der Waals surface area contributed by atoms with E-state index in [4.69, 9.17) is 25.1 Å². The van der Waals surface area contributed by atoms with E-state index < -0.39 is 0 Å². The Balaban J connectivity index is 1.19. The van der Waals surface area contributed by atoms with Gasteiger partial charge in [0.15, 0.2) is 0 Å². The predicted octanol–water partition coefficient (Wildman–Crippen LogP) is 10.2. The van der Waals surface area contributed by atoms with Crippen molar-refractivity contribution in [3.8, 4) is 39.5 Å². The summed E-state index contributed by atoms with van der Waals surface area (Å²) in [5, 5.41) is 15.1. The fourth-order valence-corrected chi connectivity index (χ4v) is 6.82. The molecular weight excluding hydrogens is 601 g/mol. The molecule has 0 aliphatic carbocycles. The molecule has 49 heavy (non-hydrogen) atoms. The maximum Gasteiger partial charge on any atom is 0.122 e. The van der Waals surface area contributed by atoms with Crippen LogP contribution in [0.5, 0.6) is 0 Å². The highest BCUT2D eigenvalue weighted by Gasteiger charge is 2.18. The first-order valence-electron chi connectivity index (χ1n) is 16.3. The Morgan fingerprint density at radius 3 is 1.67 bits per heavy atom. The van der Waals surface area contributed by atoms with Crippen LogP contribution in [0, 0.1) is 0 Å².